The Hall–Kier alpha value is -3.64. The number of para-hydroxylation sites is 1. The molecule has 0 aliphatic rings. The number of hydrogen-bond donors (Lipinski definition) is 2. The van der Waals surface area contributed by atoms with Gasteiger partial charge in [0.05, 0.1) is 17.4 Å². The van der Waals surface area contributed by atoms with Crippen molar-refractivity contribution in [3.8, 4) is 0 Å². The summed E-state index contributed by atoms with van der Waals surface area (Å²) in [5, 5.41) is 6.30. The molecular weight excluding hydrogens is 410 g/mol. The summed E-state index contributed by atoms with van der Waals surface area (Å²) in [6.45, 7) is 7.05. The summed E-state index contributed by atoms with van der Waals surface area (Å²) >= 11 is 0. The zero-order chi connectivity index (χ0) is 22.9. The van der Waals surface area contributed by atoms with Crippen molar-refractivity contribution >= 4 is 38.7 Å². The SMILES string of the molecule is CCn1c2ccccc2c2cc(CNC(C)CCn3cnc4cc(C(N)=O)ccc43)ccc21. The lowest BCUT2D eigenvalue weighted by atomic mass is 10.1. The highest BCUT2D eigenvalue weighted by Crippen LogP contribution is 2.29. The van der Waals surface area contributed by atoms with E-state index >= 15 is 0 Å². The van der Waals surface area contributed by atoms with Crippen molar-refractivity contribution in [2.75, 3.05) is 0 Å². The normalized spacial score (nSPS) is 12.7. The third kappa shape index (κ3) is 3.98. The number of amides is 1. The van der Waals surface area contributed by atoms with Gasteiger partial charge in [-0.1, -0.05) is 24.3 Å². The highest BCUT2D eigenvalue weighted by Gasteiger charge is 2.11. The molecule has 2 heterocycles. The third-order valence-corrected chi connectivity index (χ3v) is 6.52. The highest BCUT2D eigenvalue weighted by molar-refractivity contribution is 6.08. The average molecular weight is 440 g/mol. The van der Waals surface area contributed by atoms with Crippen molar-refractivity contribution < 1.29 is 4.79 Å². The second-order valence-electron chi connectivity index (χ2n) is 8.69. The van der Waals surface area contributed by atoms with Gasteiger partial charge in [-0.25, -0.2) is 4.98 Å². The number of primary amides is 1. The van der Waals surface area contributed by atoms with E-state index in [2.05, 4.69) is 75.7 Å². The topological polar surface area (TPSA) is 77.9 Å². The summed E-state index contributed by atoms with van der Waals surface area (Å²) in [5.74, 6) is -0.429. The Kier molecular flexibility index (Phi) is 5.60. The van der Waals surface area contributed by atoms with Gasteiger partial charge in [0.25, 0.3) is 0 Å². The van der Waals surface area contributed by atoms with Crippen LogP contribution in [-0.4, -0.2) is 26.1 Å². The third-order valence-electron chi connectivity index (χ3n) is 6.52. The van der Waals surface area contributed by atoms with Crippen LogP contribution in [0.4, 0.5) is 0 Å². The van der Waals surface area contributed by atoms with E-state index in [1.165, 1.54) is 27.4 Å². The van der Waals surface area contributed by atoms with Crippen LogP contribution in [0.5, 0.6) is 0 Å². The van der Waals surface area contributed by atoms with Gasteiger partial charge in [-0.2, -0.15) is 0 Å². The maximum absolute atomic E-state index is 11.4. The van der Waals surface area contributed by atoms with Gasteiger partial charge < -0.3 is 20.2 Å². The largest absolute Gasteiger partial charge is 0.366 e. The molecule has 6 nitrogen and oxygen atoms in total. The predicted octanol–water partition coefficient (Wildman–Crippen LogP) is 4.83. The quantitative estimate of drug-likeness (QED) is 0.363. The number of nitrogens with zero attached hydrogens (tertiary/aromatic N) is 3. The molecule has 33 heavy (non-hydrogen) atoms. The first-order valence-corrected chi connectivity index (χ1v) is 11.5. The molecule has 0 aliphatic carbocycles. The van der Waals surface area contributed by atoms with E-state index in [4.69, 9.17) is 5.73 Å². The Balaban J connectivity index is 1.26. The van der Waals surface area contributed by atoms with Crippen molar-refractivity contribution in [3.63, 3.8) is 0 Å². The number of aromatic nitrogens is 3. The van der Waals surface area contributed by atoms with Gasteiger partial charge in [0.15, 0.2) is 0 Å². The number of carbonyl (C=O) groups excluding carboxylic acids is 1. The van der Waals surface area contributed by atoms with Crippen molar-refractivity contribution in [2.45, 2.75) is 45.9 Å². The van der Waals surface area contributed by atoms with Crippen LogP contribution in [0, 0.1) is 0 Å². The van der Waals surface area contributed by atoms with Gasteiger partial charge in [0.1, 0.15) is 0 Å². The lowest BCUT2D eigenvalue weighted by Gasteiger charge is -2.15. The van der Waals surface area contributed by atoms with Crippen LogP contribution >= 0.6 is 0 Å². The molecule has 5 aromatic rings. The van der Waals surface area contributed by atoms with E-state index in [0.717, 1.165) is 37.1 Å². The highest BCUT2D eigenvalue weighted by atomic mass is 16.1. The molecule has 3 N–H and O–H groups in total. The molecule has 6 heteroatoms. The lowest BCUT2D eigenvalue weighted by Crippen LogP contribution is -2.26. The smallest absolute Gasteiger partial charge is 0.248 e. The number of fused-ring (bicyclic) bond motifs is 4. The molecule has 0 fully saturated rings. The summed E-state index contributed by atoms with van der Waals surface area (Å²) in [7, 11) is 0. The molecule has 3 aromatic carbocycles. The fourth-order valence-electron chi connectivity index (χ4n) is 4.67. The molecule has 1 amide bonds. The fourth-order valence-corrected chi connectivity index (χ4v) is 4.67. The van der Waals surface area contributed by atoms with Crippen LogP contribution in [0.3, 0.4) is 0 Å². The summed E-state index contributed by atoms with van der Waals surface area (Å²) in [6.07, 6.45) is 2.81. The van der Waals surface area contributed by atoms with Crippen molar-refractivity contribution in [3.05, 3.63) is 78.1 Å². The number of imidazole rings is 1. The number of nitrogens with two attached hydrogens (primary N) is 1. The summed E-state index contributed by atoms with van der Waals surface area (Å²) in [6, 6.07) is 21.2. The first kappa shape index (κ1) is 21.2. The van der Waals surface area contributed by atoms with Crippen LogP contribution in [0.15, 0.2) is 67.0 Å². The first-order chi connectivity index (χ1) is 16.0. The number of carbonyl (C=O) groups is 1. The van der Waals surface area contributed by atoms with E-state index in [0.29, 0.717) is 11.6 Å². The summed E-state index contributed by atoms with van der Waals surface area (Å²) in [4.78, 5) is 15.8. The lowest BCUT2D eigenvalue weighted by molar-refractivity contribution is 0.100. The maximum atomic E-state index is 11.4. The van der Waals surface area contributed by atoms with Crippen LogP contribution in [-0.2, 0) is 19.6 Å². The second kappa shape index (κ2) is 8.71. The minimum atomic E-state index is -0.429. The molecule has 1 unspecified atom stereocenters. The van der Waals surface area contributed by atoms with E-state index in [-0.39, 0.29) is 0 Å². The molecule has 2 aromatic heterocycles. The Labute approximate surface area is 193 Å². The molecule has 168 valence electrons. The molecular formula is C27H29N5O. The molecule has 0 spiro atoms. The zero-order valence-corrected chi connectivity index (χ0v) is 19.1. The standard InChI is InChI=1S/C27H29N5O/c1-3-32-24-7-5-4-6-21(24)22-14-19(8-10-25(22)32)16-29-18(2)12-13-31-17-30-23-15-20(27(28)33)9-11-26(23)31/h4-11,14-15,17-18,29H,3,12-13,16H2,1-2H3,(H2,28,33). The number of benzene rings is 3. The number of nitrogens with one attached hydrogen (secondary N) is 1. The average Bonchev–Trinajstić information content (AvgIpc) is 3.39. The van der Waals surface area contributed by atoms with Gasteiger partial charge in [-0.3, -0.25) is 4.79 Å². The predicted molar refractivity (Wildman–Crippen MR) is 134 cm³/mol. The van der Waals surface area contributed by atoms with Crippen molar-refractivity contribution in [1.82, 2.24) is 19.4 Å². The molecule has 1 atom stereocenters. The monoisotopic (exact) mass is 439 g/mol. The van der Waals surface area contributed by atoms with Gasteiger partial charge in [-0.15, -0.1) is 0 Å². The Morgan fingerprint density at radius 3 is 2.64 bits per heavy atom. The van der Waals surface area contributed by atoms with Crippen LogP contribution in [0.2, 0.25) is 0 Å². The van der Waals surface area contributed by atoms with E-state index in [1.54, 1.807) is 12.1 Å². The Bertz CT molecular complexity index is 1460. The van der Waals surface area contributed by atoms with Gasteiger partial charge in [0.2, 0.25) is 5.91 Å². The Morgan fingerprint density at radius 1 is 1.03 bits per heavy atom. The van der Waals surface area contributed by atoms with Crippen molar-refractivity contribution in [2.24, 2.45) is 5.73 Å². The minimum absolute atomic E-state index is 0.347. The van der Waals surface area contributed by atoms with E-state index in [1.807, 2.05) is 12.4 Å². The molecule has 5 rings (SSSR count). The van der Waals surface area contributed by atoms with Crippen LogP contribution in [0.1, 0.15) is 36.2 Å². The summed E-state index contributed by atoms with van der Waals surface area (Å²) in [5.41, 5.74) is 11.6. The second-order valence-corrected chi connectivity index (χ2v) is 8.69. The number of hydrogen-bond acceptors (Lipinski definition) is 3. The molecule has 0 radical (unpaired) electrons. The van der Waals surface area contributed by atoms with Gasteiger partial charge in [-0.05, 0) is 62.2 Å². The molecule has 0 saturated heterocycles. The van der Waals surface area contributed by atoms with Crippen molar-refractivity contribution in [1.29, 1.82) is 0 Å². The fraction of sp³-hybridized carbons (Fsp3) is 0.259. The molecule has 0 bridgehead atoms. The molecule has 0 aliphatic heterocycles. The van der Waals surface area contributed by atoms with E-state index in [9.17, 15) is 4.79 Å². The maximum Gasteiger partial charge on any atom is 0.248 e. The van der Waals surface area contributed by atoms with Gasteiger partial charge in [0, 0.05) is 53.0 Å². The first-order valence-electron chi connectivity index (χ1n) is 11.5. The number of aryl methyl sites for hydroxylation is 2. The number of rotatable bonds is 8. The van der Waals surface area contributed by atoms with Crippen LogP contribution in [0.25, 0.3) is 32.8 Å². The molecule has 0 saturated carbocycles. The Morgan fingerprint density at radius 2 is 1.82 bits per heavy atom. The zero-order valence-electron chi connectivity index (χ0n) is 19.1. The van der Waals surface area contributed by atoms with E-state index < -0.39 is 5.91 Å². The van der Waals surface area contributed by atoms with Crippen LogP contribution < -0.4 is 11.1 Å². The minimum Gasteiger partial charge on any atom is -0.366 e. The summed E-state index contributed by atoms with van der Waals surface area (Å²) < 4.78 is 4.51. The van der Waals surface area contributed by atoms with Gasteiger partial charge >= 0.3 is 0 Å².